The predicted octanol–water partition coefficient (Wildman–Crippen LogP) is 2.66. The molecule has 0 unspecified atom stereocenters. The lowest BCUT2D eigenvalue weighted by Crippen LogP contribution is -2.17. The van der Waals surface area contributed by atoms with Crippen molar-refractivity contribution < 1.29 is 9.59 Å². The molecule has 0 fully saturated rings. The van der Waals surface area contributed by atoms with Crippen molar-refractivity contribution in [2.75, 3.05) is 43.1 Å². The largest absolute Gasteiger partial charge is 0.370 e. The highest BCUT2D eigenvalue weighted by Gasteiger charge is 2.08. The number of benzene rings is 1. The molecule has 1 aromatic heterocycles. The van der Waals surface area contributed by atoms with E-state index in [2.05, 4.69) is 25.8 Å². The molecule has 7 nitrogen and oxygen atoms in total. The summed E-state index contributed by atoms with van der Waals surface area (Å²) in [5.74, 6) is 0.331. The molecule has 2 rings (SSSR count). The van der Waals surface area contributed by atoms with Crippen LogP contribution in [0.25, 0.3) is 0 Å². The van der Waals surface area contributed by atoms with Crippen molar-refractivity contribution in [3.05, 3.63) is 48.2 Å². The number of pyridine rings is 1. The van der Waals surface area contributed by atoms with Gasteiger partial charge in [0.05, 0.1) is 0 Å². The average Bonchev–Trinajstić information content (AvgIpc) is 2.60. The van der Waals surface area contributed by atoms with Gasteiger partial charge in [-0.3, -0.25) is 9.59 Å². The van der Waals surface area contributed by atoms with Crippen LogP contribution in [0, 0.1) is 0 Å². The molecule has 0 aliphatic carbocycles. The third kappa shape index (κ3) is 6.52. The van der Waals surface area contributed by atoms with Gasteiger partial charge in [0, 0.05) is 36.6 Å². The summed E-state index contributed by atoms with van der Waals surface area (Å²) in [5.41, 5.74) is 1.87. The lowest BCUT2D eigenvalue weighted by atomic mass is 10.2. The molecule has 0 aliphatic heterocycles. The van der Waals surface area contributed by atoms with Crippen molar-refractivity contribution in [3.63, 3.8) is 0 Å². The fourth-order valence-electron chi connectivity index (χ4n) is 2.32. The van der Waals surface area contributed by atoms with Crippen molar-refractivity contribution in [1.82, 2.24) is 9.88 Å². The first-order chi connectivity index (χ1) is 12.4. The van der Waals surface area contributed by atoms with Crippen molar-refractivity contribution in [1.29, 1.82) is 0 Å². The molecule has 0 aliphatic rings. The van der Waals surface area contributed by atoms with Crippen LogP contribution in [0.3, 0.4) is 0 Å². The van der Waals surface area contributed by atoms with E-state index in [9.17, 15) is 9.59 Å². The highest BCUT2D eigenvalue weighted by molar-refractivity contribution is 6.04. The van der Waals surface area contributed by atoms with Gasteiger partial charge in [-0.15, -0.1) is 0 Å². The van der Waals surface area contributed by atoms with Gasteiger partial charge in [-0.1, -0.05) is 0 Å². The standard InChI is InChI=1S/C19H25N5O2/c1-14(25)22-16-5-7-17(8-6-16)23-19(26)15-9-11-21-18(13-15)20-10-4-12-24(2)3/h5-9,11,13H,4,10,12H2,1-3H3,(H,20,21)(H,22,25)(H,23,26). The van der Waals surface area contributed by atoms with Crippen LogP contribution in [0.15, 0.2) is 42.6 Å². The molecule has 2 aromatic rings. The van der Waals surface area contributed by atoms with E-state index in [0.29, 0.717) is 22.8 Å². The number of amides is 2. The summed E-state index contributed by atoms with van der Waals surface area (Å²) in [6.07, 6.45) is 2.61. The molecule has 3 N–H and O–H groups in total. The van der Waals surface area contributed by atoms with Gasteiger partial charge in [0.15, 0.2) is 0 Å². The van der Waals surface area contributed by atoms with Gasteiger partial charge in [0.25, 0.3) is 5.91 Å². The summed E-state index contributed by atoms with van der Waals surface area (Å²) in [5, 5.41) is 8.75. The van der Waals surface area contributed by atoms with Crippen molar-refractivity contribution in [2.24, 2.45) is 0 Å². The van der Waals surface area contributed by atoms with E-state index in [0.717, 1.165) is 19.5 Å². The second-order valence-electron chi connectivity index (χ2n) is 6.23. The van der Waals surface area contributed by atoms with E-state index >= 15 is 0 Å². The third-order valence-electron chi connectivity index (χ3n) is 3.57. The van der Waals surface area contributed by atoms with E-state index in [1.54, 1.807) is 42.6 Å². The Labute approximate surface area is 153 Å². The molecule has 26 heavy (non-hydrogen) atoms. The Hall–Kier alpha value is -2.93. The van der Waals surface area contributed by atoms with E-state index in [1.807, 2.05) is 14.1 Å². The lowest BCUT2D eigenvalue weighted by Gasteiger charge is -2.11. The molecule has 1 aromatic carbocycles. The van der Waals surface area contributed by atoms with Crippen molar-refractivity contribution >= 4 is 29.0 Å². The summed E-state index contributed by atoms with van der Waals surface area (Å²) in [6.45, 7) is 3.23. The molecule has 0 spiro atoms. The Morgan fingerprint density at radius 2 is 1.69 bits per heavy atom. The van der Waals surface area contributed by atoms with Crippen molar-refractivity contribution in [3.8, 4) is 0 Å². The number of hydrogen-bond acceptors (Lipinski definition) is 5. The summed E-state index contributed by atoms with van der Waals surface area (Å²) in [4.78, 5) is 29.8. The lowest BCUT2D eigenvalue weighted by molar-refractivity contribution is -0.114. The van der Waals surface area contributed by atoms with Crippen LogP contribution in [-0.2, 0) is 4.79 Å². The molecule has 0 saturated heterocycles. The van der Waals surface area contributed by atoms with Gasteiger partial charge in [0.2, 0.25) is 5.91 Å². The minimum absolute atomic E-state index is 0.135. The molecule has 0 saturated carbocycles. The second kappa shape index (κ2) is 9.53. The fraction of sp³-hybridized carbons (Fsp3) is 0.316. The average molecular weight is 355 g/mol. The summed E-state index contributed by atoms with van der Waals surface area (Å²) in [7, 11) is 4.07. The van der Waals surface area contributed by atoms with E-state index in [1.165, 1.54) is 6.92 Å². The van der Waals surface area contributed by atoms with Crippen LogP contribution in [-0.4, -0.2) is 48.9 Å². The van der Waals surface area contributed by atoms with E-state index < -0.39 is 0 Å². The van der Waals surface area contributed by atoms with Gasteiger partial charge >= 0.3 is 0 Å². The monoisotopic (exact) mass is 355 g/mol. The second-order valence-corrected chi connectivity index (χ2v) is 6.23. The van der Waals surface area contributed by atoms with Crippen LogP contribution in [0.1, 0.15) is 23.7 Å². The van der Waals surface area contributed by atoms with Crippen molar-refractivity contribution in [2.45, 2.75) is 13.3 Å². The molecule has 0 bridgehead atoms. The van der Waals surface area contributed by atoms with E-state index in [-0.39, 0.29) is 11.8 Å². The first-order valence-corrected chi connectivity index (χ1v) is 8.47. The molecule has 1 heterocycles. The molecular weight excluding hydrogens is 330 g/mol. The maximum Gasteiger partial charge on any atom is 0.255 e. The normalized spacial score (nSPS) is 10.5. The number of aromatic nitrogens is 1. The first kappa shape index (κ1) is 19.4. The van der Waals surface area contributed by atoms with Crippen LogP contribution in [0.4, 0.5) is 17.2 Å². The molecule has 0 radical (unpaired) electrons. The number of carbonyl (C=O) groups excluding carboxylic acids is 2. The molecule has 138 valence electrons. The topological polar surface area (TPSA) is 86.4 Å². The highest BCUT2D eigenvalue weighted by Crippen LogP contribution is 2.15. The Kier molecular flexibility index (Phi) is 7.11. The van der Waals surface area contributed by atoms with Gasteiger partial charge < -0.3 is 20.9 Å². The predicted molar refractivity (Wildman–Crippen MR) is 105 cm³/mol. The Bertz CT molecular complexity index is 744. The fourth-order valence-corrected chi connectivity index (χ4v) is 2.32. The number of anilines is 3. The van der Waals surface area contributed by atoms with E-state index in [4.69, 9.17) is 0 Å². The molecule has 2 amide bonds. The van der Waals surface area contributed by atoms with Gasteiger partial charge in [0.1, 0.15) is 5.82 Å². The zero-order valence-corrected chi connectivity index (χ0v) is 15.4. The number of nitrogens with one attached hydrogen (secondary N) is 3. The number of carbonyl (C=O) groups is 2. The number of rotatable bonds is 8. The maximum atomic E-state index is 12.4. The zero-order chi connectivity index (χ0) is 18.9. The minimum Gasteiger partial charge on any atom is -0.370 e. The Morgan fingerprint density at radius 3 is 2.31 bits per heavy atom. The van der Waals surface area contributed by atoms with Gasteiger partial charge in [-0.05, 0) is 63.5 Å². The minimum atomic E-state index is -0.212. The Morgan fingerprint density at radius 1 is 1.04 bits per heavy atom. The summed E-state index contributed by atoms with van der Waals surface area (Å²) < 4.78 is 0. The molecule has 0 atom stereocenters. The highest BCUT2D eigenvalue weighted by atomic mass is 16.2. The number of nitrogens with zero attached hydrogens (tertiary/aromatic N) is 2. The molecule has 7 heteroatoms. The smallest absolute Gasteiger partial charge is 0.255 e. The molecular formula is C19H25N5O2. The maximum absolute atomic E-state index is 12.4. The zero-order valence-electron chi connectivity index (χ0n) is 15.4. The summed E-state index contributed by atoms with van der Waals surface area (Å²) >= 11 is 0. The van der Waals surface area contributed by atoms with Gasteiger partial charge in [-0.25, -0.2) is 4.98 Å². The van der Waals surface area contributed by atoms with Crippen LogP contribution < -0.4 is 16.0 Å². The first-order valence-electron chi connectivity index (χ1n) is 8.47. The number of hydrogen-bond donors (Lipinski definition) is 3. The van der Waals surface area contributed by atoms with Crippen LogP contribution >= 0.6 is 0 Å². The SMILES string of the molecule is CC(=O)Nc1ccc(NC(=O)c2ccnc(NCCCN(C)C)c2)cc1. The third-order valence-corrected chi connectivity index (χ3v) is 3.57. The quantitative estimate of drug-likeness (QED) is 0.634. The van der Waals surface area contributed by atoms with Crippen LogP contribution in [0.2, 0.25) is 0 Å². The Balaban J connectivity index is 1.92. The van der Waals surface area contributed by atoms with Crippen LogP contribution in [0.5, 0.6) is 0 Å². The summed E-state index contributed by atoms with van der Waals surface area (Å²) in [6, 6.07) is 10.4. The van der Waals surface area contributed by atoms with Gasteiger partial charge in [-0.2, -0.15) is 0 Å².